The predicted molar refractivity (Wildman–Crippen MR) is 180 cm³/mol. The lowest BCUT2D eigenvalue weighted by Crippen LogP contribution is -2.30. The molecule has 3 unspecified atom stereocenters. The van der Waals surface area contributed by atoms with Crippen LogP contribution < -0.4 is 22.1 Å². The Bertz CT molecular complexity index is 1740. The average Bonchev–Trinajstić information content (AvgIpc) is 3.57. The van der Waals surface area contributed by atoms with Gasteiger partial charge < -0.3 is 21.5 Å². The Balaban J connectivity index is 1.21. The van der Waals surface area contributed by atoms with Crippen molar-refractivity contribution in [2.24, 2.45) is 10.9 Å². The van der Waals surface area contributed by atoms with Crippen LogP contribution in [0.4, 0.5) is 17.2 Å². The zero-order valence-electron chi connectivity index (χ0n) is 25.1. The van der Waals surface area contributed by atoms with Gasteiger partial charge in [0.25, 0.3) is 5.91 Å². The maximum atomic E-state index is 12.8. The lowest BCUT2D eigenvalue weighted by Gasteiger charge is -2.20. The Morgan fingerprint density at radius 3 is 2.62 bits per heavy atom. The first-order valence-electron chi connectivity index (χ1n) is 14.5. The van der Waals surface area contributed by atoms with Crippen LogP contribution in [0.1, 0.15) is 55.1 Å². The topological polar surface area (TPSA) is 152 Å². The highest BCUT2D eigenvalue weighted by molar-refractivity contribution is 7.13. The zero-order valence-corrected chi connectivity index (χ0v) is 26.0. The average molecular weight is 625 g/mol. The molecule has 4 aromatic rings. The quantitative estimate of drug-likeness (QED) is 0.0891. The number of carbonyl (C=O) groups excluding carboxylic acids is 2. The first-order valence-corrected chi connectivity index (χ1v) is 15.4. The number of anilines is 3. The number of nitrogens with zero attached hydrogens (tertiary/aromatic N) is 3. The highest BCUT2D eigenvalue weighted by Gasteiger charge is 2.18. The number of nitrogen functional groups attached to an aromatic ring is 1. The summed E-state index contributed by atoms with van der Waals surface area (Å²) in [6.07, 6.45) is 8.69. The van der Waals surface area contributed by atoms with E-state index in [1.54, 1.807) is 61.9 Å². The van der Waals surface area contributed by atoms with Gasteiger partial charge >= 0.3 is 5.69 Å². The van der Waals surface area contributed by atoms with Crippen LogP contribution in [-0.4, -0.2) is 38.8 Å². The van der Waals surface area contributed by atoms with Gasteiger partial charge in [-0.05, 0) is 85.8 Å². The molecule has 0 aliphatic heterocycles. The first kappa shape index (κ1) is 32.9. The fourth-order valence-corrected chi connectivity index (χ4v) is 5.20. The van der Waals surface area contributed by atoms with Crippen LogP contribution in [0.5, 0.6) is 0 Å². The van der Waals surface area contributed by atoms with E-state index < -0.39 is 11.8 Å². The fraction of sp³-hybridized carbons (Fsp3) is 0.265. The summed E-state index contributed by atoms with van der Waals surface area (Å²) in [4.78, 5) is 47.0. The number of hydrogen-bond donors (Lipinski definition) is 4. The number of nitrogens with one attached hydrogen (secondary N) is 2. The third-order valence-electron chi connectivity index (χ3n) is 7.22. The van der Waals surface area contributed by atoms with Crippen LogP contribution in [0.25, 0.3) is 10.4 Å². The van der Waals surface area contributed by atoms with Crippen molar-refractivity contribution < 1.29 is 14.7 Å². The Hall–Kier alpha value is -5.05. The summed E-state index contributed by atoms with van der Waals surface area (Å²) in [5.41, 5.74) is 8.99. The molecule has 2 amide bonds. The monoisotopic (exact) mass is 624 g/mol. The van der Waals surface area contributed by atoms with Gasteiger partial charge in [0, 0.05) is 35.0 Å². The second-order valence-electron chi connectivity index (χ2n) is 10.7. The Kier molecular flexibility index (Phi) is 11.4. The summed E-state index contributed by atoms with van der Waals surface area (Å²) < 4.78 is 1.40. The maximum Gasteiger partial charge on any atom is 0.349 e. The molecule has 3 atom stereocenters. The number of hydrogen-bond acceptors (Lipinski definition) is 8. The summed E-state index contributed by atoms with van der Waals surface area (Å²) in [6, 6.07) is 17.9. The smallest absolute Gasteiger partial charge is 0.349 e. The van der Waals surface area contributed by atoms with Gasteiger partial charge in [0.1, 0.15) is 5.82 Å². The predicted octanol–water partition coefficient (Wildman–Crippen LogP) is 5.38. The van der Waals surface area contributed by atoms with Crippen LogP contribution in [0.15, 0.2) is 82.0 Å². The summed E-state index contributed by atoms with van der Waals surface area (Å²) in [7, 11) is 0. The van der Waals surface area contributed by atoms with Crippen LogP contribution in [0.3, 0.4) is 0 Å². The zero-order chi connectivity index (χ0) is 32.3. The molecule has 0 aliphatic carbocycles. The fourth-order valence-electron chi connectivity index (χ4n) is 4.47. The van der Waals surface area contributed by atoms with Gasteiger partial charge in [0.2, 0.25) is 5.91 Å². The van der Waals surface area contributed by atoms with Crippen molar-refractivity contribution in [3.8, 4) is 22.8 Å². The molecule has 2 heterocycles. The highest BCUT2D eigenvalue weighted by atomic mass is 32.1. The van der Waals surface area contributed by atoms with Crippen LogP contribution in [-0.2, 0) is 11.3 Å². The number of terminal acetylenes is 1. The van der Waals surface area contributed by atoms with E-state index in [1.807, 2.05) is 41.8 Å². The molecule has 0 bridgehead atoms. The molecule has 10 nitrogen and oxygen atoms in total. The number of rotatable bonds is 13. The van der Waals surface area contributed by atoms with E-state index in [2.05, 4.69) is 26.5 Å². The molecule has 2 aromatic carbocycles. The third-order valence-corrected chi connectivity index (χ3v) is 8.14. The van der Waals surface area contributed by atoms with Gasteiger partial charge in [0.05, 0.1) is 24.0 Å². The number of benzene rings is 2. The number of aliphatic hydroxyl groups excluding tert-OH is 1. The maximum absolute atomic E-state index is 12.8. The van der Waals surface area contributed by atoms with E-state index >= 15 is 0 Å². The van der Waals surface area contributed by atoms with Gasteiger partial charge in [-0.3, -0.25) is 19.1 Å². The molecule has 0 saturated heterocycles. The summed E-state index contributed by atoms with van der Waals surface area (Å²) >= 11 is 1.61. The molecule has 232 valence electrons. The largest absolute Gasteiger partial charge is 0.397 e. The van der Waals surface area contributed by atoms with Gasteiger partial charge in [0.15, 0.2) is 0 Å². The summed E-state index contributed by atoms with van der Waals surface area (Å²) in [5, 5.41) is 17.7. The molecular formula is C34H36N6O4S. The van der Waals surface area contributed by atoms with Crippen molar-refractivity contribution in [3.63, 3.8) is 0 Å². The van der Waals surface area contributed by atoms with Crippen molar-refractivity contribution in [2.75, 3.05) is 16.4 Å². The minimum atomic E-state index is -0.741. The third kappa shape index (κ3) is 9.22. The number of amides is 2. The minimum absolute atomic E-state index is 0.157. The lowest BCUT2D eigenvalue weighted by molar-refractivity contribution is -0.116. The Morgan fingerprint density at radius 2 is 1.93 bits per heavy atom. The van der Waals surface area contributed by atoms with E-state index in [4.69, 9.17) is 12.2 Å². The molecular weight excluding hydrogens is 588 g/mol. The highest BCUT2D eigenvalue weighted by Crippen LogP contribution is 2.30. The number of aliphatic hydroxyl groups is 1. The molecule has 0 radical (unpaired) electrons. The van der Waals surface area contributed by atoms with E-state index in [0.717, 1.165) is 16.0 Å². The summed E-state index contributed by atoms with van der Waals surface area (Å²) in [6.45, 7) is 3.93. The molecule has 5 N–H and O–H groups in total. The second-order valence-corrected chi connectivity index (χ2v) is 11.6. The van der Waals surface area contributed by atoms with Crippen LogP contribution in [0.2, 0.25) is 0 Å². The first-order chi connectivity index (χ1) is 21.6. The molecule has 0 saturated carbocycles. The number of carbonyl (C=O) groups is 2. The van der Waals surface area contributed by atoms with Crippen LogP contribution in [0, 0.1) is 18.3 Å². The van der Waals surface area contributed by atoms with Crippen molar-refractivity contribution in [2.45, 2.75) is 51.8 Å². The number of aliphatic imine (C=N–C) groups is 1. The molecule has 45 heavy (non-hydrogen) atoms. The van der Waals surface area contributed by atoms with Crippen molar-refractivity contribution in [1.29, 1.82) is 0 Å². The molecule has 0 aliphatic rings. The lowest BCUT2D eigenvalue weighted by atomic mass is 9.99. The van der Waals surface area contributed by atoms with Crippen LogP contribution >= 0.6 is 11.3 Å². The summed E-state index contributed by atoms with van der Waals surface area (Å²) in [5.74, 6) is 1.76. The van der Waals surface area contributed by atoms with E-state index in [1.165, 1.54) is 4.57 Å². The number of thiophene rings is 1. The van der Waals surface area contributed by atoms with E-state index in [0.29, 0.717) is 36.3 Å². The molecule has 4 rings (SSSR count). The molecule has 11 heteroatoms. The second kappa shape index (κ2) is 15.6. The number of aromatic nitrogens is 2. The van der Waals surface area contributed by atoms with Gasteiger partial charge in [-0.1, -0.05) is 24.3 Å². The SMILES string of the molecule is C#CC(C)C(O)CC(C)n1ccc(NC(=O)CCC=NCc2ccc(C(=O)Nc3cc(-c4cccs4)ccc3N)cc2)nc1=O. The van der Waals surface area contributed by atoms with Gasteiger partial charge in [-0.25, -0.2) is 4.79 Å². The standard InChI is InChI=1S/C34H36N6O4S/c1-4-22(2)29(41)19-23(3)40-17-15-31(39-34(40)44)38-32(42)8-5-16-36-21-24-9-11-25(12-10-24)33(43)37-28-20-26(13-14-27(28)35)30-7-6-18-45-30/h1,6-7,9-18,20,22-23,29,41H,5,8,19,21,35H2,2-3H3,(H,37,43)(H,38,39,42,44). The normalized spacial score (nSPS) is 13.1. The van der Waals surface area contributed by atoms with E-state index in [9.17, 15) is 19.5 Å². The minimum Gasteiger partial charge on any atom is -0.397 e. The van der Waals surface area contributed by atoms with Gasteiger partial charge in [-0.2, -0.15) is 4.98 Å². The van der Waals surface area contributed by atoms with Crippen molar-refractivity contribution in [3.05, 3.63) is 93.9 Å². The van der Waals surface area contributed by atoms with Crippen molar-refractivity contribution in [1.82, 2.24) is 9.55 Å². The van der Waals surface area contributed by atoms with Crippen molar-refractivity contribution >= 4 is 46.6 Å². The molecule has 2 aromatic heterocycles. The Morgan fingerprint density at radius 1 is 1.16 bits per heavy atom. The Labute approximate surface area is 266 Å². The molecule has 0 spiro atoms. The van der Waals surface area contributed by atoms with E-state index in [-0.39, 0.29) is 36.0 Å². The van der Waals surface area contributed by atoms with Gasteiger partial charge in [-0.15, -0.1) is 23.7 Å². The number of nitrogens with two attached hydrogens (primary N) is 1. The molecule has 0 fully saturated rings.